The molecule has 3 aromatic rings. The Morgan fingerprint density at radius 2 is 1.89 bits per heavy atom. The lowest BCUT2D eigenvalue weighted by atomic mass is 10.1. The molecule has 0 saturated carbocycles. The summed E-state index contributed by atoms with van der Waals surface area (Å²) in [6, 6.07) is 11.6. The number of amides is 1. The first-order valence-electron chi connectivity index (χ1n) is 8.20. The van der Waals surface area contributed by atoms with E-state index in [-0.39, 0.29) is 11.7 Å². The largest absolute Gasteiger partial charge is 0.325 e. The van der Waals surface area contributed by atoms with Gasteiger partial charge in [-0.15, -0.1) is 10.2 Å². The van der Waals surface area contributed by atoms with Crippen LogP contribution < -0.4 is 5.32 Å². The van der Waals surface area contributed by atoms with Crippen molar-refractivity contribution in [3.8, 4) is 11.4 Å². The van der Waals surface area contributed by atoms with Crippen LogP contribution in [0.1, 0.15) is 11.1 Å². The third-order valence-electron chi connectivity index (χ3n) is 4.04. The average molecular weight is 513 g/mol. The van der Waals surface area contributed by atoms with E-state index < -0.39 is 0 Å². The summed E-state index contributed by atoms with van der Waals surface area (Å²) >= 11 is 9.86. The zero-order chi connectivity index (χ0) is 19.6. The van der Waals surface area contributed by atoms with E-state index in [1.54, 1.807) is 0 Å². The summed E-state index contributed by atoms with van der Waals surface area (Å²) in [6.07, 6.45) is 0. The normalized spacial score (nSPS) is 10.9. The van der Waals surface area contributed by atoms with Gasteiger partial charge in [0, 0.05) is 21.9 Å². The van der Waals surface area contributed by atoms with Crippen LogP contribution in [0.4, 0.5) is 5.69 Å². The van der Waals surface area contributed by atoms with Crippen LogP contribution in [-0.4, -0.2) is 26.4 Å². The number of carbonyl (C=O) groups excluding carboxylic acids is 1. The van der Waals surface area contributed by atoms with Gasteiger partial charge in [0.1, 0.15) is 0 Å². The fraction of sp³-hybridized carbons (Fsp3) is 0.211. The second-order valence-corrected chi connectivity index (χ2v) is 8.69. The summed E-state index contributed by atoms with van der Waals surface area (Å²) in [6.45, 7) is 3.99. The van der Waals surface area contributed by atoms with E-state index in [2.05, 4.69) is 50.2 Å². The molecule has 1 heterocycles. The molecule has 0 bridgehead atoms. The summed E-state index contributed by atoms with van der Waals surface area (Å²) in [5.74, 6) is 0.849. The molecule has 0 fully saturated rings. The number of hydrogen-bond acceptors (Lipinski definition) is 4. The van der Waals surface area contributed by atoms with Crippen LogP contribution in [-0.2, 0) is 11.8 Å². The summed E-state index contributed by atoms with van der Waals surface area (Å²) in [4.78, 5) is 12.4. The molecule has 8 heteroatoms. The van der Waals surface area contributed by atoms with Crippen molar-refractivity contribution in [2.75, 3.05) is 11.1 Å². The molecule has 3 rings (SSSR count). The molecule has 0 aliphatic heterocycles. The maximum atomic E-state index is 12.4. The molecular weight excluding hydrogens is 495 g/mol. The maximum Gasteiger partial charge on any atom is 0.234 e. The van der Waals surface area contributed by atoms with E-state index in [0.717, 1.165) is 25.9 Å². The van der Waals surface area contributed by atoms with Crippen LogP contribution >= 0.6 is 46.0 Å². The predicted octanol–water partition coefficient (Wildman–Crippen LogP) is 5.09. The summed E-state index contributed by atoms with van der Waals surface area (Å²) in [7, 11) is 1.87. The van der Waals surface area contributed by atoms with Gasteiger partial charge in [-0.2, -0.15) is 0 Å². The number of rotatable bonds is 5. The molecule has 2 aromatic carbocycles. The van der Waals surface area contributed by atoms with Gasteiger partial charge >= 0.3 is 0 Å². The Morgan fingerprint density at radius 3 is 2.56 bits per heavy atom. The van der Waals surface area contributed by atoms with E-state index in [1.165, 1.54) is 11.8 Å². The van der Waals surface area contributed by atoms with Crippen LogP contribution in [0.15, 0.2) is 41.6 Å². The zero-order valence-corrected chi connectivity index (χ0v) is 18.8. The number of anilines is 1. The smallest absolute Gasteiger partial charge is 0.234 e. The first-order chi connectivity index (χ1) is 12.9. The van der Waals surface area contributed by atoms with Crippen molar-refractivity contribution in [3.63, 3.8) is 0 Å². The van der Waals surface area contributed by atoms with Crippen LogP contribution in [0.25, 0.3) is 11.4 Å². The minimum absolute atomic E-state index is 0.0744. The molecule has 1 aromatic heterocycles. The molecule has 0 aliphatic rings. The number of nitrogens with one attached hydrogen (secondary N) is 1. The molecule has 27 heavy (non-hydrogen) atoms. The van der Waals surface area contributed by atoms with Crippen molar-refractivity contribution in [2.45, 2.75) is 19.0 Å². The van der Waals surface area contributed by atoms with Crippen molar-refractivity contribution in [1.82, 2.24) is 14.8 Å². The van der Waals surface area contributed by atoms with Gasteiger partial charge in [0.05, 0.1) is 10.8 Å². The third kappa shape index (κ3) is 4.64. The molecule has 0 radical (unpaired) electrons. The summed E-state index contributed by atoms with van der Waals surface area (Å²) < 4.78 is 3.00. The Kier molecular flexibility index (Phi) is 6.44. The van der Waals surface area contributed by atoms with Gasteiger partial charge in [-0.05, 0) is 71.8 Å². The van der Waals surface area contributed by atoms with Gasteiger partial charge < -0.3 is 9.88 Å². The van der Waals surface area contributed by atoms with E-state index in [9.17, 15) is 4.79 Å². The van der Waals surface area contributed by atoms with E-state index in [1.807, 2.05) is 49.7 Å². The highest BCUT2D eigenvalue weighted by Gasteiger charge is 2.15. The Hall–Kier alpha value is -1.58. The number of hydrogen-bond donors (Lipinski definition) is 1. The lowest BCUT2D eigenvalue weighted by Crippen LogP contribution is -2.16. The minimum Gasteiger partial charge on any atom is -0.325 e. The zero-order valence-electron chi connectivity index (χ0n) is 15.1. The first-order valence-corrected chi connectivity index (χ1v) is 10.6. The van der Waals surface area contributed by atoms with Crippen molar-refractivity contribution < 1.29 is 4.79 Å². The van der Waals surface area contributed by atoms with E-state index in [0.29, 0.717) is 16.0 Å². The quantitative estimate of drug-likeness (QED) is 0.382. The monoisotopic (exact) mass is 512 g/mol. The van der Waals surface area contributed by atoms with Crippen molar-refractivity contribution in [3.05, 3.63) is 56.1 Å². The van der Waals surface area contributed by atoms with Gasteiger partial charge in [0.2, 0.25) is 5.91 Å². The van der Waals surface area contributed by atoms with Gasteiger partial charge in [-0.25, -0.2) is 0 Å². The number of benzene rings is 2. The molecule has 140 valence electrons. The van der Waals surface area contributed by atoms with Crippen LogP contribution in [0.3, 0.4) is 0 Å². The maximum absolute atomic E-state index is 12.4. The molecule has 1 N–H and O–H groups in total. The van der Waals surface area contributed by atoms with Crippen molar-refractivity contribution in [1.29, 1.82) is 0 Å². The van der Waals surface area contributed by atoms with Crippen molar-refractivity contribution in [2.24, 2.45) is 7.05 Å². The van der Waals surface area contributed by atoms with Gasteiger partial charge in [0.25, 0.3) is 0 Å². The highest BCUT2D eigenvalue weighted by Crippen LogP contribution is 2.28. The van der Waals surface area contributed by atoms with Gasteiger partial charge in [-0.1, -0.05) is 35.5 Å². The number of aryl methyl sites for hydroxylation is 2. The second-order valence-electron chi connectivity index (χ2n) is 6.10. The third-order valence-corrected chi connectivity index (χ3v) is 6.02. The Bertz CT molecular complexity index is 982. The average Bonchev–Trinajstić information content (AvgIpc) is 2.97. The number of aromatic nitrogens is 3. The standard InChI is InChI=1S/C19H18ClIN4OS/c1-11-8-13(21)9-12(2)17(11)22-16(26)10-27-19-24-23-18(25(19)3)14-6-4-5-7-15(14)20/h4-9H,10H2,1-3H3,(H,22,26). The number of thioether (sulfide) groups is 1. The molecule has 0 spiro atoms. The van der Waals surface area contributed by atoms with Crippen molar-refractivity contribution >= 4 is 57.5 Å². The Morgan fingerprint density at radius 1 is 1.22 bits per heavy atom. The molecule has 0 atom stereocenters. The lowest BCUT2D eigenvalue weighted by Gasteiger charge is -2.12. The lowest BCUT2D eigenvalue weighted by molar-refractivity contribution is -0.113. The topological polar surface area (TPSA) is 59.8 Å². The highest BCUT2D eigenvalue weighted by molar-refractivity contribution is 14.1. The van der Waals surface area contributed by atoms with Gasteiger partial charge in [0.15, 0.2) is 11.0 Å². The number of carbonyl (C=O) groups is 1. The highest BCUT2D eigenvalue weighted by atomic mass is 127. The SMILES string of the molecule is Cc1cc(I)cc(C)c1NC(=O)CSc1nnc(-c2ccccc2Cl)n1C. The molecule has 0 aliphatic carbocycles. The predicted molar refractivity (Wildman–Crippen MR) is 119 cm³/mol. The number of halogens is 2. The summed E-state index contributed by atoms with van der Waals surface area (Å²) in [5, 5.41) is 12.7. The Balaban J connectivity index is 1.69. The molecular formula is C19H18ClIN4OS. The molecule has 0 unspecified atom stereocenters. The fourth-order valence-corrected chi connectivity index (χ4v) is 4.60. The molecule has 0 saturated heterocycles. The van der Waals surface area contributed by atoms with E-state index in [4.69, 9.17) is 11.6 Å². The van der Waals surface area contributed by atoms with Gasteiger partial charge in [-0.3, -0.25) is 4.79 Å². The Labute approximate surface area is 181 Å². The van der Waals surface area contributed by atoms with Crippen LogP contribution in [0.5, 0.6) is 0 Å². The minimum atomic E-state index is -0.0744. The second kappa shape index (κ2) is 8.62. The molecule has 5 nitrogen and oxygen atoms in total. The fourth-order valence-electron chi connectivity index (χ4n) is 2.73. The first kappa shape index (κ1) is 20.2. The van der Waals surface area contributed by atoms with Crippen LogP contribution in [0.2, 0.25) is 5.02 Å². The van der Waals surface area contributed by atoms with E-state index >= 15 is 0 Å². The summed E-state index contributed by atoms with van der Waals surface area (Å²) in [5.41, 5.74) is 3.79. The number of nitrogens with zero attached hydrogens (tertiary/aromatic N) is 3. The molecule has 1 amide bonds. The van der Waals surface area contributed by atoms with Crippen LogP contribution in [0, 0.1) is 17.4 Å².